The molecule has 2 aromatic rings. The summed E-state index contributed by atoms with van der Waals surface area (Å²) in [7, 11) is 5.27. The van der Waals surface area contributed by atoms with Gasteiger partial charge in [0.25, 0.3) is 17.3 Å². The van der Waals surface area contributed by atoms with Crippen LogP contribution in [-0.2, 0) is 7.05 Å². The van der Waals surface area contributed by atoms with E-state index >= 15 is 0 Å². The molecule has 3 rings (SSSR count). The van der Waals surface area contributed by atoms with Gasteiger partial charge in [-0.05, 0) is 18.9 Å². The van der Waals surface area contributed by atoms with Crippen LogP contribution in [0.1, 0.15) is 23.3 Å². The fourth-order valence-electron chi connectivity index (χ4n) is 2.86. The van der Waals surface area contributed by atoms with Crippen LogP contribution in [0.2, 0.25) is 0 Å². The Morgan fingerprint density at radius 1 is 1.27 bits per heavy atom. The first-order valence-electron chi connectivity index (χ1n) is 8.44. The van der Waals surface area contributed by atoms with Gasteiger partial charge in [0.05, 0.1) is 6.54 Å². The van der Waals surface area contributed by atoms with Gasteiger partial charge in [-0.1, -0.05) is 0 Å². The summed E-state index contributed by atoms with van der Waals surface area (Å²) in [6.45, 7) is 1.07. The molecule has 138 valence electrons. The minimum Gasteiger partial charge on any atom is -0.470 e. The van der Waals surface area contributed by atoms with Crippen LogP contribution in [0.5, 0.6) is 5.88 Å². The highest BCUT2D eigenvalue weighted by molar-refractivity contribution is 5.92. The lowest BCUT2D eigenvalue weighted by atomic mass is 10.1. The van der Waals surface area contributed by atoms with Crippen molar-refractivity contribution in [2.45, 2.75) is 18.9 Å². The molecule has 0 aromatic carbocycles. The predicted molar refractivity (Wildman–Crippen MR) is 95.4 cm³/mol. The summed E-state index contributed by atoms with van der Waals surface area (Å²) in [5.74, 6) is 0.897. The summed E-state index contributed by atoms with van der Waals surface area (Å²) in [6.07, 6.45) is 4.68. The molecule has 1 unspecified atom stereocenters. The number of hydrogen-bond acceptors (Lipinski definition) is 7. The van der Waals surface area contributed by atoms with E-state index in [-0.39, 0.29) is 23.3 Å². The molecule has 0 radical (unpaired) electrons. The number of piperidine rings is 1. The van der Waals surface area contributed by atoms with Crippen molar-refractivity contribution in [2.75, 3.05) is 32.1 Å². The summed E-state index contributed by atoms with van der Waals surface area (Å²) in [4.78, 5) is 36.2. The molecule has 1 aliphatic rings. The van der Waals surface area contributed by atoms with Gasteiger partial charge in [-0.25, -0.2) is 14.6 Å². The normalized spacial score (nSPS) is 17.0. The Hall–Kier alpha value is -2.97. The summed E-state index contributed by atoms with van der Waals surface area (Å²) in [6, 6.07) is 2.81. The van der Waals surface area contributed by atoms with Crippen LogP contribution < -0.4 is 15.2 Å². The Balaban J connectivity index is 1.72. The number of anilines is 1. The second-order valence-corrected chi connectivity index (χ2v) is 6.39. The fourth-order valence-corrected chi connectivity index (χ4v) is 2.86. The first-order chi connectivity index (χ1) is 12.5. The molecule has 0 spiro atoms. The number of rotatable bonds is 4. The van der Waals surface area contributed by atoms with Crippen LogP contribution in [0, 0.1) is 0 Å². The van der Waals surface area contributed by atoms with E-state index in [1.807, 2.05) is 19.0 Å². The van der Waals surface area contributed by atoms with Crippen LogP contribution in [0.15, 0.2) is 29.3 Å². The summed E-state index contributed by atoms with van der Waals surface area (Å²) < 4.78 is 7.18. The second-order valence-electron chi connectivity index (χ2n) is 6.39. The zero-order valence-corrected chi connectivity index (χ0v) is 15.1. The SMILES string of the molecule is CN(C)c1nccnc1OC1CCCN(C(=O)c2ccc(=O)n(C)n2)C1. The molecular formula is C17H22N6O3. The van der Waals surface area contributed by atoms with E-state index in [9.17, 15) is 9.59 Å². The van der Waals surface area contributed by atoms with Crippen LogP contribution in [0.25, 0.3) is 0 Å². The molecule has 2 aromatic heterocycles. The lowest BCUT2D eigenvalue weighted by Crippen LogP contribution is -2.45. The standard InChI is InChI=1S/C17H22N6O3/c1-21(2)15-16(19-9-8-18-15)26-12-5-4-10-23(11-12)17(25)13-6-7-14(24)22(3)20-13/h6-9,12H,4-5,10-11H2,1-3H3. The van der Waals surface area contributed by atoms with Crippen molar-refractivity contribution < 1.29 is 9.53 Å². The third-order valence-corrected chi connectivity index (χ3v) is 4.19. The molecule has 3 heterocycles. The van der Waals surface area contributed by atoms with E-state index in [2.05, 4.69) is 15.1 Å². The van der Waals surface area contributed by atoms with Gasteiger partial charge in [0.15, 0.2) is 5.82 Å². The number of aryl methyl sites for hydroxylation is 1. The van der Waals surface area contributed by atoms with Gasteiger partial charge >= 0.3 is 0 Å². The van der Waals surface area contributed by atoms with Gasteiger partial charge in [0.2, 0.25) is 0 Å². The van der Waals surface area contributed by atoms with Crippen molar-refractivity contribution in [3.8, 4) is 5.88 Å². The molecule has 0 saturated carbocycles. The number of ether oxygens (including phenoxy) is 1. The van der Waals surface area contributed by atoms with Crippen molar-refractivity contribution in [3.63, 3.8) is 0 Å². The third kappa shape index (κ3) is 3.81. The second kappa shape index (κ2) is 7.51. The first kappa shape index (κ1) is 17.8. The zero-order chi connectivity index (χ0) is 18.7. The number of amides is 1. The zero-order valence-electron chi connectivity index (χ0n) is 15.1. The lowest BCUT2D eigenvalue weighted by molar-refractivity contribution is 0.0521. The van der Waals surface area contributed by atoms with Gasteiger partial charge in [-0.3, -0.25) is 9.59 Å². The molecule has 1 aliphatic heterocycles. The minimum absolute atomic E-state index is 0.171. The van der Waals surface area contributed by atoms with E-state index in [0.717, 1.165) is 17.5 Å². The number of carbonyl (C=O) groups is 1. The molecular weight excluding hydrogens is 336 g/mol. The van der Waals surface area contributed by atoms with Gasteiger partial charge < -0.3 is 14.5 Å². The molecule has 9 heteroatoms. The minimum atomic E-state index is -0.250. The Morgan fingerprint density at radius 2 is 2.04 bits per heavy atom. The molecule has 26 heavy (non-hydrogen) atoms. The van der Waals surface area contributed by atoms with Gasteiger partial charge in [-0.2, -0.15) is 5.10 Å². The van der Waals surface area contributed by atoms with Crippen molar-refractivity contribution in [3.05, 3.63) is 40.6 Å². The van der Waals surface area contributed by atoms with Gasteiger partial charge in [0.1, 0.15) is 11.8 Å². The number of carbonyl (C=O) groups excluding carboxylic acids is 1. The molecule has 0 N–H and O–H groups in total. The molecule has 9 nitrogen and oxygen atoms in total. The average Bonchev–Trinajstić information content (AvgIpc) is 2.64. The van der Waals surface area contributed by atoms with E-state index in [0.29, 0.717) is 24.8 Å². The summed E-state index contributed by atoms with van der Waals surface area (Å²) in [5, 5.41) is 4.04. The highest BCUT2D eigenvalue weighted by atomic mass is 16.5. The first-order valence-corrected chi connectivity index (χ1v) is 8.44. The van der Waals surface area contributed by atoms with Gasteiger partial charge in [-0.15, -0.1) is 0 Å². The van der Waals surface area contributed by atoms with E-state index < -0.39 is 0 Å². The lowest BCUT2D eigenvalue weighted by Gasteiger charge is -2.32. The monoisotopic (exact) mass is 358 g/mol. The van der Waals surface area contributed by atoms with Crippen LogP contribution in [0.3, 0.4) is 0 Å². The van der Waals surface area contributed by atoms with E-state index in [1.54, 1.807) is 17.3 Å². The third-order valence-electron chi connectivity index (χ3n) is 4.19. The van der Waals surface area contributed by atoms with E-state index in [4.69, 9.17) is 4.74 Å². The van der Waals surface area contributed by atoms with Crippen molar-refractivity contribution in [2.24, 2.45) is 7.05 Å². The molecule has 0 aliphatic carbocycles. The fraction of sp³-hybridized carbons (Fsp3) is 0.471. The van der Waals surface area contributed by atoms with Crippen molar-refractivity contribution in [1.82, 2.24) is 24.6 Å². The van der Waals surface area contributed by atoms with Crippen LogP contribution >= 0.6 is 0 Å². The highest BCUT2D eigenvalue weighted by Gasteiger charge is 2.27. The highest BCUT2D eigenvalue weighted by Crippen LogP contribution is 2.24. The summed E-state index contributed by atoms with van der Waals surface area (Å²) >= 11 is 0. The topological polar surface area (TPSA) is 93.5 Å². The number of aromatic nitrogens is 4. The van der Waals surface area contributed by atoms with Crippen LogP contribution in [-0.4, -0.2) is 63.8 Å². The van der Waals surface area contributed by atoms with Gasteiger partial charge in [0, 0.05) is 46.1 Å². The maximum absolute atomic E-state index is 12.7. The Morgan fingerprint density at radius 3 is 2.77 bits per heavy atom. The van der Waals surface area contributed by atoms with Crippen molar-refractivity contribution in [1.29, 1.82) is 0 Å². The summed E-state index contributed by atoms with van der Waals surface area (Å²) in [5.41, 5.74) is 0.00139. The number of likely N-dealkylation sites (tertiary alicyclic amines) is 1. The molecule has 1 amide bonds. The molecule has 1 atom stereocenters. The van der Waals surface area contributed by atoms with Crippen molar-refractivity contribution >= 4 is 11.7 Å². The number of nitrogens with zero attached hydrogens (tertiary/aromatic N) is 6. The predicted octanol–water partition coefficient (Wildman–Crippen LogP) is 0.320. The molecule has 1 fully saturated rings. The molecule has 1 saturated heterocycles. The number of hydrogen-bond donors (Lipinski definition) is 0. The quantitative estimate of drug-likeness (QED) is 0.777. The maximum atomic E-state index is 12.7. The van der Waals surface area contributed by atoms with E-state index in [1.165, 1.54) is 19.2 Å². The Labute approximate surface area is 151 Å². The Kier molecular flexibility index (Phi) is 5.15. The Bertz CT molecular complexity index is 850. The van der Waals surface area contributed by atoms with Crippen LogP contribution in [0.4, 0.5) is 5.82 Å². The molecule has 0 bridgehead atoms. The maximum Gasteiger partial charge on any atom is 0.274 e. The largest absolute Gasteiger partial charge is 0.470 e. The smallest absolute Gasteiger partial charge is 0.274 e. The average molecular weight is 358 g/mol.